The molecule has 0 saturated heterocycles. The largest absolute Gasteiger partial charge is 0.173 e. The molecule has 5 heterocycles. The van der Waals surface area contributed by atoms with Crippen LogP contribution in [0.25, 0.3) is 74.9 Å². The molecule has 0 fully saturated rings. The molecule has 0 unspecified atom stereocenters. The van der Waals surface area contributed by atoms with E-state index in [-0.39, 0.29) is 0 Å². The summed E-state index contributed by atoms with van der Waals surface area (Å²) in [6, 6.07) is 26.5. The van der Waals surface area contributed by atoms with E-state index in [0.717, 1.165) is 22.1 Å². The third kappa shape index (κ3) is 3.02. The molecule has 9 heteroatoms. The molecule has 39 heavy (non-hydrogen) atoms. The fourth-order valence-electron chi connectivity index (χ4n) is 6.12. The summed E-state index contributed by atoms with van der Waals surface area (Å²) in [6.45, 7) is 5.00. The van der Waals surface area contributed by atoms with Gasteiger partial charge in [0.15, 0.2) is 0 Å². The highest BCUT2D eigenvalue weighted by Crippen LogP contribution is 2.47. The summed E-state index contributed by atoms with van der Waals surface area (Å²) in [5, 5.41) is 6.47. The monoisotopic (exact) mass is 590 g/mol. The first-order chi connectivity index (χ1) is 19.1. The molecular formula is C30H18N4S4Si. The lowest BCUT2D eigenvalue weighted by atomic mass is 10.0. The first kappa shape index (κ1) is 22.5. The number of hydrogen-bond donors (Lipinski definition) is 0. The molecule has 0 N–H and O–H groups in total. The van der Waals surface area contributed by atoms with Crippen molar-refractivity contribution in [3.8, 4) is 31.3 Å². The van der Waals surface area contributed by atoms with E-state index in [1.165, 1.54) is 81.5 Å². The Bertz CT molecular complexity index is 2130. The van der Waals surface area contributed by atoms with Gasteiger partial charge in [0.05, 0.1) is 23.5 Å². The van der Waals surface area contributed by atoms with Crippen molar-refractivity contribution in [2.45, 2.75) is 13.1 Å². The Kier molecular flexibility index (Phi) is 4.53. The third-order valence-corrected chi connectivity index (χ3v) is 16.4. The second-order valence-corrected chi connectivity index (χ2v) is 18.4. The van der Waals surface area contributed by atoms with Gasteiger partial charge in [0.2, 0.25) is 0 Å². The maximum atomic E-state index is 4.74. The molecule has 0 amide bonds. The summed E-state index contributed by atoms with van der Waals surface area (Å²) in [5.74, 6) is 0. The Morgan fingerprint density at radius 2 is 1.18 bits per heavy atom. The fourth-order valence-corrected chi connectivity index (χ4v) is 14.5. The van der Waals surface area contributed by atoms with Crippen LogP contribution >= 0.6 is 46.1 Å². The predicted octanol–water partition coefficient (Wildman–Crippen LogP) is 8.26. The smallest absolute Gasteiger partial charge is 0.127 e. The van der Waals surface area contributed by atoms with Crippen molar-refractivity contribution < 1.29 is 0 Å². The Morgan fingerprint density at radius 1 is 0.615 bits per heavy atom. The van der Waals surface area contributed by atoms with Gasteiger partial charge in [0.25, 0.3) is 0 Å². The number of fused-ring (bicyclic) bond motifs is 7. The van der Waals surface area contributed by atoms with Crippen molar-refractivity contribution in [2.24, 2.45) is 0 Å². The van der Waals surface area contributed by atoms with Gasteiger partial charge < -0.3 is 0 Å². The molecule has 4 aromatic carbocycles. The summed E-state index contributed by atoms with van der Waals surface area (Å²) < 4.78 is 20.3. The lowest BCUT2D eigenvalue weighted by Gasteiger charge is -2.16. The Balaban J connectivity index is 1.29. The number of thiophene rings is 2. The minimum absolute atomic E-state index is 0.981. The van der Waals surface area contributed by atoms with E-state index in [1.807, 2.05) is 22.7 Å². The normalized spacial score (nSPS) is 14.1. The van der Waals surface area contributed by atoms with Gasteiger partial charge in [-0.25, -0.2) is 0 Å². The quantitative estimate of drug-likeness (QED) is 0.190. The van der Waals surface area contributed by atoms with Crippen molar-refractivity contribution in [1.82, 2.24) is 17.5 Å². The van der Waals surface area contributed by atoms with E-state index in [1.54, 1.807) is 4.50 Å². The number of nitrogens with zero attached hydrogens (tertiary/aromatic N) is 4. The van der Waals surface area contributed by atoms with E-state index < -0.39 is 8.07 Å². The molecule has 0 saturated carbocycles. The zero-order valence-corrected chi connectivity index (χ0v) is 25.1. The van der Waals surface area contributed by atoms with Crippen LogP contribution in [0.2, 0.25) is 13.1 Å². The second kappa shape index (κ2) is 7.86. The minimum atomic E-state index is -1.88. The van der Waals surface area contributed by atoms with Crippen LogP contribution in [-0.2, 0) is 0 Å². The molecule has 0 aliphatic carbocycles. The van der Waals surface area contributed by atoms with Gasteiger partial charge in [0.1, 0.15) is 30.1 Å². The Hall–Kier alpha value is -3.34. The van der Waals surface area contributed by atoms with Gasteiger partial charge in [-0.3, -0.25) is 0 Å². The van der Waals surface area contributed by atoms with Crippen LogP contribution in [0.4, 0.5) is 0 Å². The summed E-state index contributed by atoms with van der Waals surface area (Å²) in [4.78, 5) is 4.02. The molecule has 0 atom stereocenters. The summed E-state index contributed by atoms with van der Waals surface area (Å²) in [7, 11) is -1.88. The number of benzene rings is 4. The van der Waals surface area contributed by atoms with Crippen LogP contribution in [0.1, 0.15) is 0 Å². The van der Waals surface area contributed by atoms with Crippen molar-refractivity contribution >= 4 is 108 Å². The van der Waals surface area contributed by atoms with E-state index in [4.69, 9.17) is 8.75 Å². The van der Waals surface area contributed by atoms with Gasteiger partial charge in [-0.15, -0.1) is 22.7 Å². The highest BCUT2D eigenvalue weighted by atomic mass is 32.1. The Labute approximate surface area is 240 Å². The van der Waals surface area contributed by atoms with Gasteiger partial charge in [-0.2, -0.15) is 17.5 Å². The highest BCUT2D eigenvalue weighted by molar-refractivity contribution is 7.35. The maximum Gasteiger partial charge on any atom is 0.127 e. The van der Waals surface area contributed by atoms with Crippen molar-refractivity contribution in [2.75, 3.05) is 0 Å². The maximum absolute atomic E-state index is 4.74. The molecule has 0 radical (unpaired) electrons. The lowest BCUT2D eigenvalue weighted by Crippen LogP contribution is -2.47. The van der Waals surface area contributed by atoms with E-state index in [0.29, 0.717) is 0 Å². The lowest BCUT2D eigenvalue weighted by molar-refractivity contribution is 1.66. The molecule has 4 aromatic heterocycles. The van der Waals surface area contributed by atoms with Crippen LogP contribution in [0, 0.1) is 0 Å². The first-order valence-electron chi connectivity index (χ1n) is 12.7. The number of aromatic nitrogens is 4. The summed E-state index contributed by atoms with van der Waals surface area (Å²) in [6.07, 6.45) is 0. The molecule has 0 spiro atoms. The average molecular weight is 591 g/mol. The topological polar surface area (TPSA) is 51.6 Å². The van der Waals surface area contributed by atoms with Crippen LogP contribution in [0.5, 0.6) is 0 Å². The van der Waals surface area contributed by atoms with E-state index in [9.17, 15) is 0 Å². The van der Waals surface area contributed by atoms with Gasteiger partial charge >= 0.3 is 0 Å². The highest BCUT2D eigenvalue weighted by Gasteiger charge is 2.42. The van der Waals surface area contributed by atoms with Crippen LogP contribution in [0.15, 0.2) is 72.8 Å². The standard InChI is InChI=1S/C30H18N4S4Si/c1-39(2)24-14-23(26-18-10-6-4-8-16(18)12-21-28(26)34-38-32-21)35-29(24)19-13-22(36-30(19)39)25-17-9-5-3-7-15(17)11-20-27(25)33-37-31-20/h3-14H,1-2H3. The Morgan fingerprint density at radius 3 is 1.79 bits per heavy atom. The van der Waals surface area contributed by atoms with E-state index >= 15 is 0 Å². The molecule has 9 rings (SSSR count). The van der Waals surface area contributed by atoms with Crippen LogP contribution in [0.3, 0.4) is 0 Å². The van der Waals surface area contributed by atoms with Gasteiger partial charge in [-0.1, -0.05) is 61.6 Å². The minimum Gasteiger partial charge on any atom is -0.173 e. The van der Waals surface area contributed by atoms with E-state index in [2.05, 4.69) is 94.6 Å². The molecule has 4 nitrogen and oxygen atoms in total. The predicted molar refractivity (Wildman–Crippen MR) is 172 cm³/mol. The zero-order valence-electron chi connectivity index (χ0n) is 20.9. The second-order valence-electron chi connectivity index (χ2n) is 10.5. The third-order valence-electron chi connectivity index (χ3n) is 7.99. The van der Waals surface area contributed by atoms with Crippen LogP contribution < -0.4 is 9.69 Å². The molecule has 0 bridgehead atoms. The van der Waals surface area contributed by atoms with Crippen LogP contribution in [-0.4, -0.2) is 25.6 Å². The molecule has 1 aliphatic rings. The molecule has 186 valence electrons. The summed E-state index contributed by atoms with van der Waals surface area (Å²) >= 11 is 6.49. The zero-order chi connectivity index (χ0) is 25.9. The number of hydrogen-bond acceptors (Lipinski definition) is 8. The molecule has 8 aromatic rings. The number of rotatable bonds is 2. The average Bonchev–Trinajstić information content (AvgIpc) is 3.76. The SMILES string of the molecule is C[Si]1(C)c2cc(-c3c4ccccc4cc4nsnc34)sc2-c2cc(-c3c4ccccc4cc4nsnc34)sc21. The van der Waals surface area contributed by atoms with Gasteiger partial charge in [0, 0.05) is 35.8 Å². The van der Waals surface area contributed by atoms with Gasteiger partial charge in [-0.05, 0) is 51.0 Å². The van der Waals surface area contributed by atoms with Crippen molar-refractivity contribution in [3.05, 3.63) is 72.8 Å². The molecule has 1 aliphatic heterocycles. The molecular weight excluding hydrogens is 573 g/mol. The van der Waals surface area contributed by atoms with Crippen molar-refractivity contribution in [3.63, 3.8) is 0 Å². The summed E-state index contributed by atoms with van der Waals surface area (Å²) in [5.41, 5.74) is 7.85. The fraction of sp³-hybridized carbons (Fsp3) is 0.0667. The van der Waals surface area contributed by atoms with Crippen molar-refractivity contribution in [1.29, 1.82) is 0 Å². The first-order valence-corrected chi connectivity index (χ1v) is 18.7.